The van der Waals surface area contributed by atoms with Gasteiger partial charge in [-0.15, -0.1) is 0 Å². The third-order valence-corrected chi connectivity index (χ3v) is 4.54. The zero-order chi connectivity index (χ0) is 23.4. The minimum Gasteiger partial charge on any atom is -0.324 e. The third kappa shape index (κ3) is 5.63. The van der Waals surface area contributed by atoms with E-state index in [1.807, 2.05) is 19.1 Å². The highest BCUT2D eigenvalue weighted by Crippen LogP contribution is 2.19. The predicted molar refractivity (Wildman–Crippen MR) is 117 cm³/mol. The molecule has 32 heavy (non-hydrogen) atoms. The molecule has 0 bridgehead atoms. The van der Waals surface area contributed by atoms with E-state index in [1.165, 1.54) is 6.07 Å². The van der Waals surface area contributed by atoms with E-state index in [2.05, 4.69) is 15.7 Å². The van der Waals surface area contributed by atoms with Gasteiger partial charge >= 0.3 is 0 Å². The van der Waals surface area contributed by atoms with Crippen LogP contribution in [0.5, 0.6) is 0 Å². The molecular formula is C23H22F2N4O3. The van der Waals surface area contributed by atoms with E-state index in [4.69, 9.17) is 0 Å². The van der Waals surface area contributed by atoms with Crippen molar-refractivity contribution in [1.82, 2.24) is 9.78 Å². The normalized spacial score (nSPS) is 10.8. The fourth-order valence-electron chi connectivity index (χ4n) is 2.84. The van der Waals surface area contributed by atoms with Crippen molar-refractivity contribution in [1.29, 1.82) is 0 Å². The maximum absolute atomic E-state index is 13.4. The number of amides is 2. The molecule has 166 valence electrons. The summed E-state index contributed by atoms with van der Waals surface area (Å²) in [6, 6.07) is 11.4. The van der Waals surface area contributed by atoms with Crippen molar-refractivity contribution in [2.75, 3.05) is 10.6 Å². The molecule has 2 aromatic carbocycles. The molecule has 7 nitrogen and oxygen atoms in total. The summed E-state index contributed by atoms with van der Waals surface area (Å²) in [5, 5.41) is 9.15. The van der Waals surface area contributed by atoms with Gasteiger partial charge in [-0.05, 0) is 25.1 Å². The standard InChI is InChI=1S/C23H22F2N4O3/c1-13(2)22(31)27-20-11-19(15-6-4-14(3)5-7-15)28-29(23(20)32)12-21(30)26-18-9-16(24)8-17(25)10-18/h4-11,13H,12H2,1-3H3,(H,26,30)(H,27,31). The Kier molecular flexibility index (Phi) is 6.77. The molecule has 3 rings (SSSR count). The van der Waals surface area contributed by atoms with Gasteiger partial charge in [-0.2, -0.15) is 5.10 Å². The highest BCUT2D eigenvalue weighted by molar-refractivity contribution is 5.93. The van der Waals surface area contributed by atoms with Crippen molar-refractivity contribution in [3.63, 3.8) is 0 Å². The van der Waals surface area contributed by atoms with E-state index in [9.17, 15) is 23.2 Å². The number of anilines is 2. The Morgan fingerprint density at radius 2 is 1.62 bits per heavy atom. The van der Waals surface area contributed by atoms with Crippen LogP contribution >= 0.6 is 0 Å². The average Bonchev–Trinajstić information content (AvgIpc) is 2.70. The van der Waals surface area contributed by atoms with Crippen LogP contribution in [-0.2, 0) is 16.1 Å². The fraction of sp³-hybridized carbons (Fsp3) is 0.217. The van der Waals surface area contributed by atoms with E-state index in [0.717, 1.165) is 22.4 Å². The summed E-state index contributed by atoms with van der Waals surface area (Å²) < 4.78 is 27.7. The van der Waals surface area contributed by atoms with E-state index < -0.39 is 29.6 Å². The first-order valence-corrected chi connectivity index (χ1v) is 9.88. The Morgan fingerprint density at radius 3 is 2.22 bits per heavy atom. The molecule has 0 spiro atoms. The number of benzene rings is 2. The lowest BCUT2D eigenvalue weighted by molar-refractivity contribution is -0.119. The summed E-state index contributed by atoms with van der Waals surface area (Å²) in [6.07, 6.45) is 0. The van der Waals surface area contributed by atoms with Crippen LogP contribution in [0.2, 0.25) is 0 Å². The van der Waals surface area contributed by atoms with Gasteiger partial charge < -0.3 is 10.6 Å². The molecule has 0 unspecified atom stereocenters. The first-order valence-electron chi connectivity index (χ1n) is 9.88. The van der Waals surface area contributed by atoms with Crippen LogP contribution in [0.15, 0.2) is 53.3 Å². The van der Waals surface area contributed by atoms with Crippen LogP contribution in [0.1, 0.15) is 19.4 Å². The zero-order valence-electron chi connectivity index (χ0n) is 17.8. The molecule has 0 aliphatic heterocycles. The molecule has 0 atom stereocenters. The number of aryl methyl sites for hydroxylation is 1. The van der Waals surface area contributed by atoms with E-state index in [1.54, 1.807) is 26.0 Å². The molecule has 0 saturated heterocycles. The van der Waals surface area contributed by atoms with Crippen molar-refractivity contribution in [3.05, 3.63) is 76.1 Å². The number of nitrogens with one attached hydrogen (secondary N) is 2. The van der Waals surface area contributed by atoms with Crippen LogP contribution in [-0.4, -0.2) is 21.6 Å². The summed E-state index contributed by atoms with van der Waals surface area (Å²) in [6.45, 7) is 4.76. The lowest BCUT2D eigenvalue weighted by atomic mass is 10.1. The van der Waals surface area contributed by atoms with Gasteiger partial charge in [0.2, 0.25) is 11.8 Å². The van der Waals surface area contributed by atoms with Crippen LogP contribution in [0, 0.1) is 24.5 Å². The molecule has 0 fully saturated rings. The molecule has 2 N–H and O–H groups in total. The second kappa shape index (κ2) is 9.51. The Balaban J connectivity index is 1.96. The molecular weight excluding hydrogens is 418 g/mol. The highest BCUT2D eigenvalue weighted by Gasteiger charge is 2.16. The number of aromatic nitrogens is 2. The summed E-state index contributed by atoms with van der Waals surface area (Å²) in [4.78, 5) is 37.5. The van der Waals surface area contributed by atoms with E-state index in [-0.39, 0.29) is 23.2 Å². The first-order chi connectivity index (χ1) is 15.1. The Hall–Kier alpha value is -3.88. The average molecular weight is 440 g/mol. The SMILES string of the molecule is Cc1ccc(-c2cc(NC(=O)C(C)C)c(=O)n(CC(=O)Nc3cc(F)cc(F)c3)n2)cc1. The summed E-state index contributed by atoms with van der Waals surface area (Å²) in [5.74, 6) is -3.16. The number of carbonyl (C=O) groups is 2. The number of hydrogen-bond donors (Lipinski definition) is 2. The van der Waals surface area contributed by atoms with Gasteiger partial charge in [0.15, 0.2) is 0 Å². The molecule has 3 aromatic rings. The van der Waals surface area contributed by atoms with Crippen molar-refractivity contribution in [3.8, 4) is 11.3 Å². The molecule has 0 aliphatic rings. The Morgan fingerprint density at radius 1 is 1.00 bits per heavy atom. The van der Waals surface area contributed by atoms with Crippen molar-refractivity contribution in [2.45, 2.75) is 27.3 Å². The molecule has 1 heterocycles. The Labute approximate surface area is 183 Å². The predicted octanol–water partition coefficient (Wildman–Crippen LogP) is 3.73. The number of nitrogens with zero attached hydrogens (tertiary/aromatic N) is 2. The lowest BCUT2D eigenvalue weighted by Crippen LogP contribution is -2.33. The summed E-state index contributed by atoms with van der Waals surface area (Å²) >= 11 is 0. The topological polar surface area (TPSA) is 93.1 Å². The van der Waals surface area contributed by atoms with Gasteiger partial charge in [0.1, 0.15) is 23.9 Å². The number of carbonyl (C=O) groups excluding carboxylic acids is 2. The van der Waals surface area contributed by atoms with Gasteiger partial charge in [0.25, 0.3) is 5.56 Å². The van der Waals surface area contributed by atoms with Crippen LogP contribution < -0.4 is 16.2 Å². The number of rotatable bonds is 6. The van der Waals surface area contributed by atoms with E-state index >= 15 is 0 Å². The van der Waals surface area contributed by atoms with Gasteiger partial charge in [0, 0.05) is 23.2 Å². The second-order valence-electron chi connectivity index (χ2n) is 7.62. The quantitative estimate of drug-likeness (QED) is 0.611. The summed E-state index contributed by atoms with van der Waals surface area (Å²) in [7, 11) is 0. The highest BCUT2D eigenvalue weighted by atomic mass is 19.1. The fourth-order valence-corrected chi connectivity index (χ4v) is 2.84. The molecule has 9 heteroatoms. The molecule has 1 aromatic heterocycles. The molecule has 0 aliphatic carbocycles. The molecule has 0 radical (unpaired) electrons. The second-order valence-corrected chi connectivity index (χ2v) is 7.62. The van der Waals surface area contributed by atoms with Gasteiger partial charge in [-0.1, -0.05) is 43.7 Å². The van der Waals surface area contributed by atoms with Gasteiger partial charge in [0.05, 0.1) is 5.69 Å². The number of hydrogen-bond acceptors (Lipinski definition) is 4. The molecule has 2 amide bonds. The maximum atomic E-state index is 13.4. The smallest absolute Gasteiger partial charge is 0.291 e. The maximum Gasteiger partial charge on any atom is 0.291 e. The Bertz CT molecular complexity index is 1200. The van der Waals surface area contributed by atoms with Crippen molar-refractivity contribution in [2.24, 2.45) is 5.92 Å². The largest absolute Gasteiger partial charge is 0.324 e. The first kappa shape index (κ1) is 22.8. The lowest BCUT2D eigenvalue weighted by Gasteiger charge is -2.13. The van der Waals surface area contributed by atoms with Gasteiger partial charge in [-0.25, -0.2) is 13.5 Å². The van der Waals surface area contributed by atoms with Crippen LogP contribution in [0.4, 0.5) is 20.2 Å². The van der Waals surface area contributed by atoms with Gasteiger partial charge in [-0.3, -0.25) is 14.4 Å². The molecule has 0 saturated carbocycles. The zero-order valence-corrected chi connectivity index (χ0v) is 17.8. The van der Waals surface area contributed by atoms with Crippen LogP contribution in [0.3, 0.4) is 0 Å². The third-order valence-electron chi connectivity index (χ3n) is 4.54. The minimum absolute atomic E-state index is 0.0288. The van der Waals surface area contributed by atoms with E-state index in [0.29, 0.717) is 17.3 Å². The number of halogens is 2. The minimum atomic E-state index is -0.851. The van der Waals surface area contributed by atoms with Crippen molar-refractivity contribution < 1.29 is 18.4 Å². The monoisotopic (exact) mass is 440 g/mol. The summed E-state index contributed by atoms with van der Waals surface area (Å²) in [5.41, 5.74) is 1.26. The van der Waals surface area contributed by atoms with Crippen molar-refractivity contribution >= 4 is 23.2 Å². The van der Waals surface area contributed by atoms with Crippen LogP contribution in [0.25, 0.3) is 11.3 Å².